The van der Waals surface area contributed by atoms with E-state index in [-0.39, 0.29) is 18.1 Å². The number of nitrogens with one attached hydrogen (secondary N) is 1. The standard InChI is InChI=1S/C8H18N2O2/c1-6(11)4-3-5-10-7(2)8(9)12/h6-7,10-11H,3-5H2,1-2H3,(H2,9,12). The van der Waals surface area contributed by atoms with E-state index in [4.69, 9.17) is 10.8 Å². The van der Waals surface area contributed by atoms with Gasteiger partial charge in [0, 0.05) is 0 Å². The second-order valence-electron chi connectivity index (χ2n) is 3.07. The van der Waals surface area contributed by atoms with E-state index >= 15 is 0 Å². The van der Waals surface area contributed by atoms with Crippen LogP contribution in [0, 0.1) is 0 Å². The molecular formula is C8H18N2O2. The molecule has 0 aliphatic carbocycles. The molecule has 0 saturated carbocycles. The van der Waals surface area contributed by atoms with Crippen molar-refractivity contribution in [2.45, 2.75) is 38.8 Å². The van der Waals surface area contributed by atoms with Crippen molar-refractivity contribution in [3.8, 4) is 0 Å². The third-order valence-corrected chi connectivity index (χ3v) is 1.68. The van der Waals surface area contributed by atoms with E-state index in [2.05, 4.69) is 5.32 Å². The summed E-state index contributed by atoms with van der Waals surface area (Å²) in [6.45, 7) is 4.19. The highest BCUT2D eigenvalue weighted by atomic mass is 16.3. The Morgan fingerprint density at radius 3 is 2.58 bits per heavy atom. The Hall–Kier alpha value is -0.610. The molecule has 0 rings (SSSR count). The Labute approximate surface area is 73.1 Å². The Balaban J connectivity index is 3.25. The lowest BCUT2D eigenvalue weighted by molar-refractivity contribution is -0.119. The van der Waals surface area contributed by atoms with Crippen LogP contribution in [0.15, 0.2) is 0 Å². The highest BCUT2D eigenvalue weighted by Gasteiger charge is 2.06. The molecule has 2 unspecified atom stereocenters. The normalized spacial score (nSPS) is 15.6. The molecule has 0 radical (unpaired) electrons. The van der Waals surface area contributed by atoms with Crippen LogP contribution < -0.4 is 11.1 Å². The van der Waals surface area contributed by atoms with Gasteiger partial charge in [-0.2, -0.15) is 0 Å². The van der Waals surface area contributed by atoms with Crippen molar-refractivity contribution in [3.63, 3.8) is 0 Å². The third kappa shape index (κ3) is 6.12. The fourth-order valence-corrected chi connectivity index (χ4v) is 0.817. The number of hydrogen-bond acceptors (Lipinski definition) is 3. The SMILES string of the molecule is CC(O)CCCNC(C)C(N)=O. The number of hydrogen-bond donors (Lipinski definition) is 3. The molecule has 4 N–H and O–H groups in total. The molecule has 0 aromatic carbocycles. The quantitative estimate of drug-likeness (QED) is 0.480. The number of nitrogens with two attached hydrogens (primary N) is 1. The number of rotatable bonds is 6. The monoisotopic (exact) mass is 174 g/mol. The summed E-state index contributed by atoms with van der Waals surface area (Å²) in [5.74, 6) is -0.341. The molecule has 12 heavy (non-hydrogen) atoms. The molecule has 1 amide bonds. The number of aliphatic hydroxyl groups is 1. The van der Waals surface area contributed by atoms with Gasteiger partial charge < -0.3 is 16.2 Å². The summed E-state index contributed by atoms with van der Waals surface area (Å²) in [6, 6.07) is -0.279. The minimum atomic E-state index is -0.341. The van der Waals surface area contributed by atoms with Crippen molar-refractivity contribution in [2.75, 3.05) is 6.54 Å². The maximum absolute atomic E-state index is 10.5. The van der Waals surface area contributed by atoms with E-state index in [0.717, 1.165) is 19.4 Å². The molecule has 4 heteroatoms. The maximum atomic E-state index is 10.5. The molecule has 0 aromatic rings. The largest absolute Gasteiger partial charge is 0.393 e. The molecule has 0 heterocycles. The third-order valence-electron chi connectivity index (χ3n) is 1.68. The summed E-state index contributed by atoms with van der Waals surface area (Å²) in [6.07, 6.45) is 1.34. The van der Waals surface area contributed by atoms with E-state index in [1.807, 2.05) is 0 Å². The number of primary amides is 1. The van der Waals surface area contributed by atoms with Crippen LogP contribution in [-0.4, -0.2) is 29.7 Å². The average Bonchev–Trinajstić information content (AvgIpc) is 1.97. The van der Waals surface area contributed by atoms with Gasteiger partial charge in [0.1, 0.15) is 0 Å². The van der Waals surface area contributed by atoms with Crippen molar-refractivity contribution in [1.29, 1.82) is 0 Å². The summed E-state index contributed by atoms with van der Waals surface area (Å²) >= 11 is 0. The summed E-state index contributed by atoms with van der Waals surface area (Å²) in [7, 11) is 0. The van der Waals surface area contributed by atoms with Gasteiger partial charge in [-0.05, 0) is 33.2 Å². The zero-order chi connectivity index (χ0) is 9.56. The van der Waals surface area contributed by atoms with Crippen LogP contribution in [0.1, 0.15) is 26.7 Å². The Bertz CT molecular complexity index is 137. The van der Waals surface area contributed by atoms with Crippen LogP contribution in [-0.2, 0) is 4.79 Å². The molecule has 0 bridgehead atoms. The van der Waals surface area contributed by atoms with Crippen molar-refractivity contribution >= 4 is 5.91 Å². The van der Waals surface area contributed by atoms with Crippen molar-refractivity contribution in [3.05, 3.63) is 0 Å². The lowest BCUT2D eigenvalue weighted by Gasteiger charge is -2.09. The first kappa shape index (κ1) is 11.4. The minimum absolute atomic E-state index is 0.268. The first-order chi connectivity index (χ1) is 5.54. The van der Waals surface area contributed by atoms with Gasteiger partial charge in [-0.25, -0.2) is 0 Å². The first-order valence-corrected chi connectivity index (χ1v) is 4.24. The van der Waals surface area contributed by atoms with Crippen LogP contribution in [0.4, 0.5) is 0 Å². The van der Waals surface area contributed by atoms with Crippen LogP contribution in [0.2, 0.25) is 0 Å². The summed E-state index contributed by atoms with van der Waals surface area (Å²) in [4.78, 5) is 10.5. The molecule has 0 spiro atoms. The Kier molecular flexibility index (Phi) is 5.66. The summed E-state index contributed by atoms with van der Waals surface area (Å²) < 4.78 is 0. The van der Waals surface area contributed by atoms with Gasteiger partial charge in [0.2, 0.25) is 5.91 Å². The van der Waals surface area contributed by atoms with Gasteiger partial charge in [-0.15, -0.1) is 0 Å². The summed E-state index contributed by atoms with van der Waals surface area (Å²) in [5, 5.41) is 11.9. The van der Waals surface area contributed by atoms with Gasteiger partial charge in [0.25, 0.3) is 0 Å². The van der Waals surface area contributed by atoms with Crippen molar-refractivity contribution in [1.82, 2.24) is 5.32 Å². The Morgan fingerprint density at radius 2 is 2.17 bits per heavy atom. The first-order valence-electron chi connectivity index (χ1n) is 4.24. The van der Waals surface area contributed by atoms with Crippen molar-refractivity contribution < 1.29 is 9.90 Å². The predicted octanol–water partition coefficient (Wildman–Crippen LogP) is -0.389. The number of amides is 1. The molecule has 4 nitrogen and oxygen atoms in total. The molecule has 0 aliphatic heterocycles. The van der Waals surface area contributed by atoms with Gasteiger partial charge >= 0.3 is 0 Å². The van der Waals surface area contributed by atoms with E-state index in [1.165, 1.54) is 0 Å². The highest BCUT2D eigenvalue weighted by Crippen LogP contribution is 1.93. The van der Waals surface area contributed by atoms with E-state index in [0.29, 0.717) is 0 Å². The molecule has 0 saturated heterocycles. The molecule has 0 aromatic heterocycles. The zero-order valence-electron chi connectivity index (χ0n) is 7.71. The van der Waals surface area contributed by atoms with E-state index in [9.17, 15) is 4.79 Å². The fraction of sp³-hybridized carbons (Fsp3) is 0.875. The fourth-order valence-electron chi connectivity index (χ4n) is 0.817. The number of aliphatic hydroxyl groups excluding tert-OH is 1. The van der Waals surface area contributed by atoms with Crippen LogP contribution in [0.25, 0.3) is 0 Å². The highest BCUT2D eigenvalue weighted by molar-refractivity contribution is 5.79. The van der Waals surface area contributed by atoms with Gasteiger partial charge in [0.05, 0.1) is 12.1 Å². The molecular weight excluding hydrogens is 156 g/mol. The lowest BCUT2D eigenvalue weighted by atomic mass is 10.2. The van der Waals surface area contributed by atoms with Crippen LogP contribution in [0.5, 0.6) is 0 Å². The minimum Gasteiger partial charge on any atom is -0.393 e. The van der Waals surface area contributed by atoms with Crippen molar-refractivity contribution in [2.24, 2.45) is 5.73 Å². The number of carbonyl (C=O) groups excluding carboxylic acids is 1. The molecule has 0 fully saturated rings. The van der Waals surface area contributed by atoms with Gasteiger partial charge in [-0.3, -0.25) is 4.79 Å². The van der Waals surface area contributed by atoms with E-state index < -0.39 is 0 Å². The summed E-state index contributed by atoms with van der Waals surface area (Å²) in [5.41, 5.74) is 5.03. The molecule has 72 valence electrons. The number of carbonyl (C=O) groups is 1. The molecule has 2 atom stereocenters. The lowest BCUT2D eigenvalue weighted by Crippen LogP contribution is -2.39. The van der Waals surface area contributed by atoms with Crippen LogP contribution in [0.3, 0.4) is 0 Å². The average molecular weight is 174 g/mol. The van der Waals surface area contributed by atoms with Crippen LogP contribution >= 0.6 is 0 Å². The smallest absolute Gasteiger partial charge is 0.234 e. The van der Waals surface area contributed by atoms with Gasteiger partial charge in [-0.1, -0.05) is 0 Å². The topological polar surface area (TPSA) is 75.3 Å². The Morgan fingerprint density at radius 1 is 1.58 bits per heavy atom. The second-order valence-corrected chi connectivity index (χ2v) is 3.07. The van der Waals surface area contributed by atoms with Gasteiger partial charge in [0.15, 0.2) is 0 Å². The molecule has 0 aliphatic rings. The second kappa shape index (κ2) is 5.97. The maximum Gasteiger partial charge on any atom is 0.234 e. The predicted molar refractivity (Wildman–Crippen MR) is 47.6 cm³/mol. The van der Waals surface area contributed by atoms with E-state index in [1.54, 1.807) is 13.8 Å². The zero-order valence-corrected chi connectivity index (χ0v) is 7.71.